The molecule has 2 N–H and O–H groups in total. The molecule has 0 atom stereocenters. The summed E-state index contributed by atoms with van der Waals surface area (Å²) in [6.07, 6.45) is 1.88. The quantitative estimate of drug-likeness (QED) is 0.743. The molecule has 2 aromatic carbocycles. The molecule has 0 saturated heterocycles. The Hall–Kier alpha value is -2.95. The van der Waals surface area contributed by atoms with Crippen LogP contribution in [0.4, 0.5) is 5.82 Å². The summed E-state index contributed by atoms with van der Waals surface area (Å²) >= 11 is 0. The Kier molecular flexibility index (Phi) is 3.47. The Balaban J connectivity index is 1.83. The van der Waals surface area contributed by atoms with Gasteiger partial charge in [-0.05, 0) is 22.4 Å². The summed E-state index contributed by atoms with van der Waals surface area (Å²) < 4.78 is 5.58. The molecule has 0 bridgehead atoms. The number of rotatable bonds is 4. The summed E-state index contributed by atoms with van der Waals surface area (Å²) in [7, 11) is 0. The van der Waals surface area contributed by atoms with Gasteiger partial charge in [0.2, 0.25) is 5.88 Å². The number of nitrogen functional groups attached to an aromatic ring is 1. The molecule has 0 saturated carbocycles. The van der Waals surface area contributed by atoms with Crippen LogP contribution in [0.1, 0.15) is 15.9 Å². The van der Waals surface area contributed by atoms with Crippen molar-refractivity contribution < 1.29 is 9.53 Å². The Morgan fingerprint density at radius 2 is 1.90 bits per heavy atom. The number of fused-ring (bicyclic) bond motifs is 1. The highest BCUT2D eigenvalue weighted by molar-refractivity contribution is 5.84. The molecule has 5 heteroatoms. The molecule has 104 valence electrons. The van der Waals surface area contributed by atoms with Crippen LogP contribution in [0.2, 0.25) is 0 Å². The van der Waals surface area contributed by atoms with Gasteiger partial charge in [0.05, 0.1) is 0 Å². The van der Waals surface area contributed by atoms with E-state index in [0.29, 0.717) is 12.9 Å². The van der Waals surface area contributed by atoms with E-state index >= 15 is 0 Å². The maximum atomic E-state index is 11.0. The van der Waals surface area contributed by atoms with Gasteiger partial charge >= 0.3 is 0 Å². The van der Waals surface area contributed by atoms with Gasteiger partial charge in [-0.25, -0.2) is 9.97 Å². The van der Waals surface area contributed by atoms with Crippen LogP contribution in [0.25, 0.3) is 10.8 Å². The largest absolute Gasteiger partial charge is 0.472 e. The molecule has 0 aliphatic carbocycles. The number of ether oxygens (including phenoxy) is 1. The number of carbonyl (C=O) groups excluding carboxylic acids is 1. The zero-order chi connectivity index (χ0) is 14.7. The maximum absolute atomic E-state index is 11.0. The maximum Gasteiger partial charge on any atom is 0.229 e. The van der Waals surface area contributed by atoms with E-state index in [9.17, 15) is 4.79 Å². The van der Waals surface area contributed by atoms with Crippen molar-refractivity contribution in [3.05, 3.63) is 59.9 Å². The predicted octanol–water partition coefficient (Wildman–Crippen LogP) is 2.60. The Bertz CT molecular complexity index is 802. The van der Waals surface area contributed by atoms with Crippen molar-refractivity contribution in [2.45, 2.75) is 6.61 Å². The van der Waals surface area contributed by atoms with Gasteiger partial charge in [0.25, 0.3) is 0 Å². The van der Waals surface area contributed by atoms with E-state index in [1.807, 2.05) is 36.4 Å². The lowest BCUT2D eigenvalue weighted by molar-refractivity contribution is 0.111. The van der Waals surface area contributed by atoms with Gasteiger partial charge in [0, 0.05) is 0 Å². The summed E-state index contributed by atoms with van der Waals surface area (Å²) in [5.74, 6) is 0.319. The highest BCUT2D eigenvalue weighted by atomic mass is 16.5. The average Bonchev–Trinajstić information content (AvgIpc) is 2.52. The van der Waals surface area contributed by atoms with E-state index in [-0.39, 0.29) is 17.3 Å². The molecular formula is C16H13N3O2. The Morgan fingerprint density at radius 3 is 2.71 bits per heavy atom. The molecular weight excluding hydrogens is 266 g/mol. The lowest BCUT2D eigenvalue weighted by Gasteiger charge is -2.08. The zero-order valence-corrected chi connectivity index (χ0v) is 11.2. The molecule has 5 nitrogen and oxygen atoms in total. The molecule has 0 spiro atoms. The van der Waals surface area contributed by atoms with Crippen molar-refractivity contribution >= 4 is 22.9 Å². The van der Waals surface area contributed by atoms with E-state index in [4.69, 9.17) is 10.5 Å². The average molecular weight is 279 g/mol. The summed E-state index contributed by atoms with van der Waals surface area (Å²) in [6, 6.07) is 14.1. The van der Waals surface area contributed by atoms with E-state index in [0.717, 1.165) is 10.9 Å². The minimum absolute atomic E-state index is 0.119. The van der Waals surface area contributed by atoms with Crippen molar-refractivity contribution in [3.8, 4) is 5.88 Å². The van der Waals surface area contributed by atoms with Crippen LogP contribution >= 0.6 is 0 Å². The normalized spacial score (nSPS) is 10.5. The molecule has 0 aliphatic rings. The Morgan fingerprint density at radius 1 is 1.10 bits per heavy atom. The minimum atomic E-state index is 0.119. The van der Waals surface area contributed by atoms with Gasteiger partial charge in [-0.1, -0.05) is 36.4 Å². The van der Waals surface area contributed by atoms with Gasteiger partial charge in [-0.2, -0.15) is 0 Å². The topological polar surface area (TPSA) is 78.1 Å². The van der Waals surface area contributed by atoms with Crippen LogP contribution in [0.15, 0.2) is 48.8 Å². The van der Waals surface area contributed by atoms with Crippen LogP contribution in [-0.2, 0) is 6.61 Å². The predicted molar refractivity (Wildman–Crippen MR) is 80.1 cm³/mol. The monoisotopic (exact) mass is 279 g/mol. The van der Waals surface area contributed by atoms with Crippen LogP contribution in [-0.4, -0.2) is 16.3 Å². The number of nitrogens with two attached hydrogens (primary N) is 1. The first kappa shape index (κ1) is 13.1. The first-order chi connectivity index (χ1) is 10.3. The van der Waals surface area contributed by atoms with E-state index < -0.39 is 0 Å². The number of aldehydes is 1. The highest BCUT2D eigenvalue weighted by Gasteiger charge is 2.09. The molecule has 0 radical (unpaired) electrons. The lowest BCUT2D eigenvalue weighted by atomic mass is 10.1. The minimum Gasteiger partial charge on any atom is -0.472 e. The molecule has 0 amide bonds. The smallest absolute Gasteiger partial charge is 0.229 e. The van der Waals surface area contributed by atoms with Crippen LogP contribution in [0, 0.1) is 0 Å². The first-order valence-corrected chi connectivity index (χ1v) is 6.44. The highest BCUT2D eigenvalue weighted by Crippen LogP contribution is 2.20. The van der Waals surface area contributed by atoms with Crippen LogP contribution in [0.3, 0.4) is 0 Å². The molecule has 1 aromatic heterocycles. The lowest BCUT2D eigenvalue weighted by Crippen LogP contribution is -2.05. The zero-order valence-electron chi connectivity index (χ0n) is 11.2. The number of nitrogens with zero attached hydrogens (tertiary/aromatic N) is 2. The van der Waals surface area contributed by atoms with E-state index in [2.05, 4.69) is 16.0 Å². The van der Waals surface area contributed by atoms with E-state index in [1.54, 1.807) is 0 Å². The molecule has 0 unspecified atom stereocenters. The first-order valence-electron chi connectivity index (χ1n) is 6.44. The Labute approximate surface area is 121 Å². The van der Waals surface area contributed by atoms with Gasteiger partial charge in [-0.3, -0.25) is 4.79 Å². The molecule has 3 rings (SSSR count). The number of anilines is 1. The number of aromatic nitrogens is 2. The second kappa shape index (κ2) is 5.58. The molecule has 1 heterocycles. The second-order valence-corrected chi connectivity index (χ2v) is 4.57. The third kappa shape index (κ3) is 2.67. The standard InChI is InChI=1S/C16H13N3O2/c17-15-14(8-20)16(19-10-18-15)21-9-11-5-6-12-3-1-2-4-13(12)7-11/h1-8,10H,9H2,(H2,17,18,19). The fourth-order valence-corrected chi connectivity index (χ4v) is 2.10. The van der Waals surface area contributed by atoms with E-state index in [1.165, 1.54) is 11.7 Å². The number of benzene rings is 2. The van der Waals surface area contributed by atoms with Crippen molar-refractivity contribution in [2.75, 3.05) is 5.73 Å². The van der Waals surface area contributed by atoms with Crippen molar-refractivity contribution in [3.63, 3.8) is 0 Å². The summed E-state index contributed by atoms with van der Waals surface area (Å²) in [5.41, 5.74) is 6.78. The molecule has 21 heavy (non-hydrogen) atoms. The second-order valence-electron chi connectivity index (χ2n) is 4.57. The van der Waals surface area contributed by atoms with Gasteiger partial charge in [0.1, 0.15) is 24.3 Å². The number of hydrogen-bond acceptors (Lipinski definition) is 5. The van der Waals surface area contributed by atoms with Crippen molar-refractivity contribution in [1.29, 1.82) is 0 Å². The molecule has 0 fully saturated rings. The van der Waals surface area contributed by atoms with Gasteiger partial charge < -0.3 is 10.5 Å². The third-order valence-corrected chi connectivity index (χ3v) is 3.19. The fourth-order valence-electron chi connectivity index (χ4n) is 2.10. The van der Waals surface area contributed by atoms with Gasteiger partial charge in [0.15, 0.2) is 6.29 Å². The van der Waals surface area contributed by atoms with Crippen LogP contribution in [0.5, 0.6) is 5.88 Å². The summed E-state index contributed by atoms with van der Waals surface area (Å²) in [4.78, 5) is 18.7. The SMILES string of the molecule is Nc1ncnc(OCc2ccc3ccccc3c2)c1C=O. The van der Waals surface area contributed by atoms with Crippen LogP contribution < -0.4 is 10.5 Å². The number of carbonyl (C=O) groups is 1. The van der Waals surface area contributed by atoms with Crippen molar-refractivity contribution in [2.24, 2.45) is 0 Å². The molecule has 3 aromatic rings. The fraction of sp³-hybridized carbons (Fsp3) is 0.0625. The van der Waals surface area contributed by atoms with Gasteiger partial charge in [-0.15, -0.1) is 0 Å². The number of hydrogen-bond donors (Lipinski definition) is 1. The third-order valence-electron chi connectivity index (χ3n) is 3.19. The summed E-state index contributed by atoms with van der Waals surface area (Å²) in [6.45, 7) is 0.308. The summed E-state index contributed by atoms with van der Waals surface area (Å²) in [5, 5.41) is 2.30. The molecule has 0 aliphatic heterocycles. The van der Waals surface area contributed by atoms with Crippen molar-refractivity contribution in [1.82, 2.24) is 9.97 Å².